The highest BCUT2D eigenvalue weighted by Gasteiger charge is 2.58. The largest absolute Gasteiger partial charge is 0.394 e. The lowest BCUT2D eigenvalue weighted by Gasteiger charge is -2.62. The van der Waals surface area contributed by atoms with Gasteiger partial charge < -0.3 is 20.3 Å². The molecule has 14 atom stereocenters. The summed E-state index contributed by atoms with van der Waals surface area (Å²) < 4.78 is 48.2. The van der Waals surface area contributed by atoms with Gasteiger partial charge in [-0.15, -0.1) is 0 Å². The molecule has 0 radical (unpaired) electrons. The van der Waals surface area contributed by atoms with Crippen molar-refractivity contribution >= 4 is 5.91 Å². The Balaban J connectivity index is 1.34. The van der Waals surface area contributed by atoms with Crippen LogP contribution in [0, 0.1) is 46.8 Å². The van der Waals surface area contributed by atoms with Crippen molar-refractivity contribution in [2.45, 2.75) is 128 Å². The molecule has 4 N–H and O–H groups in total. The Hall–Kier alpha value is -1.02. The molecule has 0 aromatic rings. The van der Waals surface area contributed by atoms with Crippen molar-refractivity contribution < 1.29 is 37.8 Å². The maximum atomic E-state index is 14.1. The predicted molar refractivity (Wildman–Crippen MR) is 168 cm³/mol. The van der Waals surface area contributed by atoms with Gasteiger partial charge in [-0.3, -0.25) is 19.8 Å². The Kier molecular flexibility index (Phi) is 11.1. The van der Waals surface area contributed by atoms with Gasteiger partial charge in [-0.25, -0.2) is 0 Å². The number of carbonyl (C=O) groups is 1. The lowest BCUT2D eigenvalue weighted by Crippen LogP contribution is -2.62. The van der Waals surface area contributed by atoms with Crippen LogP contribution in [-0.2, 0) is 14.4 Å². The highest BCUT2D eigenvalue weighted by Crippen LogP contribution is 2.61. The molecular weight excluding hydrogens is 601 g/mol. The first-order valence-corrected chi connectivity index (χ1v) is 17.7. The van der Waals surface area contributed by atoms with Gasteiger partial charge in [0, 0.05) is 50.3 Å². The van der Waals surface area contributed by atoms with Crippen LogP contribution in [0.25, 0.3) is 0 Å². The highest BCUT2D eigenvalue weighted by atomic mass is 19.4. The molecule has 2 aliphatic heterocycles. The highest BCUT2D eigenvalue weighted by molar-refractivity contribution is 5.82. The van der Waals surface area contributed by atoms with Crippen molar-refractivity contribution in [3.8, 4) is 0 Å². The second-order valence-electron chi connectivity index (χ2n) is 16.0. The summed E-state index contributed by atoms with van der Waals surface area (Å²) in [5, 5.41) is 29.5. The van der Waals surface area contributed by atoms with Crippen molar-refractivity contribution in [2.75, 3.05) is 34.0 Å². The number of rotatable bonds is 12. The summed E-state index contributed by atoms with van der Waals surface area (Å²) in [5.41, 5.74) is 0.276. The summed E-state index contributed by atoms with van der Waals surface area (Å²) in [6.45, 7) is 11.1. The van der Waals surface area contributed by atoms with E-state index in [-0.39, 0.29) is 66.8 Å². The van der Waals surface area contributed by atoms with Crippen LogP contribution in [0.5, 0.6) is 0 Å². The Morgan fingerprint density at radius 3 is 2.50 bits per heavy atom. The van der Waals surface area contributed by atoms with E-state index in [9.17, 15) is 28.2 Å². The molecule has 6 unspecified atom stereocenters. The van der Waals surface area contributed by atoms with Gasteiger partial charge in [-0.05, 0) is 81.6 Å². The number of nitrogens with one attached hydrogen (secondary N) is 2. The fourth-order valence-electron chi connectivity index (χ4n) is 10.3. The van der Waals surface area contributed by atoms with Crippen LogP contribution < -0.4 is 10.6 Å². The fraction of sp³-hybridized carbons (Fsp3) is 0.971. The quantitative estimate of drug-likeness (QED) is 0.251. The Labute approximate surface area is 273 Å². The molecule has 6 rings (SSSR count). The van der Waals surface area contributed by atoms with E-state index in [1.165, 1.54) is 6.42 Å². The number of halogens is 3. The van der Waals surface area contributed by atoms with E-state index in [0.29, 0.717) is 37.4 Å². The first-order valence-electron chi connectivity index (χ1n) is 17.7. The first-order chi connectivity index (χ1) is 21.6. The summed E-state index contributed by atoms with van der Waals surface area (Å²) >= 11 is 0. The molecule has 2 heterocycles. The average Bonchev–Trinajstić information content (AvgIpc) is 3.56. The van der Waals surface area contributed by atoms with Crippen molar-refractivity contribution in [3.05, 3.63) is 0 Å². The summed E-state index contributed by atoms with van der Waals surface area (Å²) in [6, 6.07) is -1.01. The minimum atomic E-state index is -4.25. The van der Waals surface area contributed by atoms with Gasteiger partial charge in [-0.2, -0.15) is 18.2 Å². The summed E-state index contributed by atoms with van der Waals surface area (Å²) in [4.78, 5) is 22.4. The Bertz CT molecular complexity index is 1050. The zero-order valence-electron chi connectivity index (χ0n) is 28.8. The van der Waals surface area contributed by atoms with Crippen LogP contribution in [0.4, 0.5) is 13.2 Å². The number of aliphatic hydroxyl groups excluding tert-OH is 2. The zero-order valence-corrected chi connectivity index (χ0v) is 28.8. The third kappa shape index (κ3) is 6.87. The maximum absolute atomic E-state index is 14.1. The number of ether oxygens (including phenoxy) is 1. The molecule has 4 aliphatic carbocycles. The van der Waals surface area contributed by atoms with Crippen LogP contribution in [0.15, 0.2) is 0 Å². The molecule has 9 nitrogen and oxygen atoms in total. The number of carbonyl (C=O) groups excluding carboxylic acids is 1. The van der Waals surface area contributed by atoms with Gasteiger partial charge in [0.1, 0.15) is 12.1 Å². The number of hydrogen-bond donors (Lipinski definition) is 4. The van der Waals surface area contributed by atoms with E-state index in [2.05, 4.69) is 38.3 Å². The third-order valence-electron chi connectivity index (χ3n) is 13.1. The molecule has 6 fully saturated rings. The van der Waals surface area contributed by atoms with Crippen molar-refractivity contribution in [2.24, 2.45) is 46.8 Å². The maximum Gasteiger partial charge on any atom is 0.391 e. The number of likely N-dealkylation sites (N-methyl/N-ethyl adjacent to an activating group) is 1. The van der Waals surface area contributed by atoms with Gasteiger partial charge in [0.15, 0.2) is 0 Å². The normalized spacial score (nSPS) is 41.4. The minimum absolute atomic E-state index is 0.0324. The van der Waals surface area contributed by atoms with Gasteiger partial charge >= 0.3 is 6.18 Å². The van der Waals surface area contributed by atoms with Crippen LogP contribution in [0.3, 0.4) is 0 Å². The van der Waals surface area contributed by atoms with Crippen molar-refractivity contribution in [1.29, 1.82) is 0 Å². The lowest BCUT2D eigenvalue weighted by molar-refractivity contribution is -0.194. The van der Waals surface area contributed by atoms with E-state index in [1.54, 1.807) is 19.1 Å². The minimum Gasteiger partial charge on any atom is -0.394 e. The number of alkyl halides is 3. The molecule has 12 heteroatoms. The monoisotopic (exact) mass is 660 g/mol. The number of fused-ring (bicyclic) bond motifs is 3. The fourth-order valence-corrected chi connectivity index (χ4v) is 10.3. The van der Waals surface area contributed by atoms with E-state index in [0.717, 1.165) is 19.3 Å². The van der Waals surface area contributed by atoms with Gasteiger partial charge in [-0.1, -0.05) is 34.1 Å². The molecule has 1 amide bonds. The lowest BCUT2D eigenvalue weighted by atomic mass is 9.45. The molecule has 46 heavy (non-hydrogen) atoms. The molecule has 2 saturated heterocycles. The van der Waals surface area contributed by atoms with E-state index in [4.69, 9.17) is 9.57 Å². The molecule has 0 aromatic carbocycles. The van der Waals surface area contributed by atoms with Crippen LogP contribution >= 0.6 is 0 Å². The smallest absolute Gasteiger partial charge is 0.391 e. The van der Waals surface area contributed by atoms with E-state index >= 15 is 0 Å². The zero-order chi connectivity index (χ0) is 33.7. The van der Waals surface area contributed by atoms with Crippen LogP contribution in [0.1, 0.15) is 79.6 Å². The summed E-state index contributed by atoms with van der Waals surface area (Å²) in [5.74, 6) is -1.12. The van der Waals surface area contributed by atoms with Crippen LogP contribution in [-0.4, -0.2) is 109 Å². The summed E-state index contributed by atoms with van der Waals surface area (Å²) in [6.07, 6.45) is -1.98. The summed E-state index contributed by atoms with van der Waals surface area (Å²) in [7, 11) is 3.50. The van der Waals surface area contributed by atoms with Gasteiger partial charge in [0.2, 0.25) is 5.91 Å². The number of hydroxylamine groups is 2. The third-order valence-corrected chi connectivity index (χ3v) is 13.1. The molecule has 6 aliphatic rings. The van der Waals surface area contributed by atoms with Gasteiger partial charge in [0.05, 0.1) is 24.7 Å². The van der Waals surface area contributed by atoms with Crippen molar-refractivity contribution in [1.82, 2.24) is 20.6 Å². The first kappa shape index (κ1) is 36.3. The average molecular weight is 661 g/mol. The topological polar surface area (TPSA) is 107 Å². The van der Waals surface area contributed by atoms with E-state index in [1.807, 2.05) is 11.9 Å². The van der Waals surface area contributed by atoms with Gasteiger partial charge in [0.25, 0.3) is 0 Å². The number of hydrogen-bond acceptors (Lipinski definition) is 8. The van der Waals surface area contributed by atoms with Crippen molar-refractivity contribution in [3.63, 3.8) is 0 Å². The number of aliphatic hydroxyl groups is 2. The van der Waals surface area contributed by atoms with E-state index < -0.39 is 36.3 Å². The number of methoxy groups -OCH3 is 1. The molecular formula is C34H59F3N4O5. The molecule has 266 valence electrons. The second-order valence-corrected chi connectivity index (χ2v) is 16.0. The number of amides is 1. The number of nitrogens with zero attached hydrogens (tertiary/aromatic N) is 2. The predicted octanol–water partition coefficient (Wildman–Crippen LogP) is 3.79. The molecule has 0 spiro atoms. The molecule has 0 aromatic heterocycles. The Morgan fingerprint density at radius 1 is 1.22 bits per heavy atom. The standard InChI is InChI=1S/C34H59F3N4O5/c1-8-9-20(27(45-7)11-21-10-23(34(35,36)37)14-26-30(21)38-17-40(26)6)15-41-31(29(19(3)43)28(16-42)46-41)32(44)39-25-13-22-12-24(18(25)2)33(22,4)5/h18-31,38,42-43H,8-17H2,1-7H3,(H,39,44)/t18-,19-,20?,21?,22+,23?,24-,25-,26?,27?,28-,29-,30?,31-/m0/s1. The SMILES string of the molecule is CCCC(CN1O[C@@H](CO)[C@H]([C@H](C)O)[C@H]1C(=O)N[C@H]1C[C@H]2C[C@@H]([C@@H]1C)C2(C)C)C(CC1CC(C(F)(F)F)CC2C1NCN2C)OC. The molecule has 4 saturated carbocycles. The second kappa shape index (κ2) is 14.1. The Morgan fingerprint density at radius 2 is 1.93 bits per heavy atom. The van der Waals surface area contributed by atoms with Crippen LogP contribution in [0.2, 0.25) is 0 Å². The molecule has 2 bridgehead atoms.